The molecule has 0 spiro atoms. The second kappa shape index (κ2) is 17.7. The Hall–Kier alpha value is -6.26. The predicted octanol–water partition coefficient (Wildman–Crippen LogP) is 10.00. The molecule has 1 aliphatic heterocycles. The lowest BCUT2D eigenvalue weighted by Gasteiger charge is -2.41. The van der Waals surface area contributed by atoms with Crippen molar-refractivity contribution in [2.45, 2.75) is 41.3 Å². The molecule has 1 saturated heterocycles. The average molecular weight is 903 g/mol. The number of hydrogen-bond donors (Lipinski definition) is 0. The maximum atomic E-state index is 14.6. The third kappa shape index (κ3) is 7.86. The molecule has 10 nitrogen and oxygen atoms in total. The third-order valence-corrected chi connectivity index (χ3v) is 12.6. The van der Waals surface area contributed by atoms with Crippen LogP contribution in [-0.2, 0) is 39.7 Å². The van der Waals surface area contributed by atoms with E-state index in [0.29, 0.717) is 16.7 Å². The number of aromatic nitrogens is 4. The number of ether oxygens (including phenoxy) is 3. The van der Waals surface area contributed by atoms with Crippen LogP contribution in [0.25, 0.3) is 11.2 Å². The Bertz CT molecular complexity index is 2730. The van der Waals surface area contributed by atoms with Gasteiger partial charge in [0.25, 0.3) is 0 Å². The molecule has 0 N–H and O–H groups in total. The first-order valence-corrected chi connectivity index (χ1v) is 21.9. The summed E-state index contributed by atoms with van der Waals surface area (Å²) in [7, 11) is -6.34. The van der Waals surface area contributed by atoms with E-state index in [1.807, 2.05) is 182 Å². The Kier molecular flexibility index (Phi) is 11.9. The molecule has 2 aromatic heterocycles. The van der Waals surface area contributed by atoms with Crippen LogP contribution in [0.3, 0.4) is 0 Å². The summed E-state index contributed by atoms with van der Waals surface area (Å²) < 4.78 is 98.7. The molecule has 0 saturated carbocycles. The molecule has 0 amide bonds. The molecule has 0 aliphatic carbocycles. The molecular formula is C49H38ClF3N4O6S. The number of imidazole rings is 1. The van der Waals surface area contributed by atoms with Gasteiger partial charge in [-0.3, -0.25) is 8.75 Å². The van der Waals surface area contributed by atoms with Gasteiger partial charge in [-0.15, -0.1) is 0 Å². The van der Waals surface area contributed by atoms with E-state index in [1.54, 1.807) is 0 Å². The van der Waals surface area contributed by atoms with Crippen LogP contribution in [0, 0.1) is 0 Å². The quantitative estimate of drug-likeness (QED) is 0.0455. The normalized spacial score (nSPS) is 18.3. The van der Waals surface area contributed by atoms with Gasteiger partial charge >= 0.3 is 15.6 Å². The van der Waals surface area contributed by atoms with E-state index in [0.717, 1.165) is 23.0 Å². The molecule has 1 aliphatic rings. The van der Waals surface area contributed by atoms with Crippen LogP contribution in [-0.4, -0.2) is 58.4 Å². The second-order valence-corrected chi connectivity index (χ2v) is 16.9. The SMILES string of the molecule is O=S(=O)(O[C@@H]1[C@H](OC(c2ccccc2)(c2ccccc2)c2ccccc2)[C@@H](COC(c2ccccc2)(c2ccccc2)c2ccccc2)O[C@H]1n1cnc2c(Cl)ncnc21)C(F)(F)F. The lowest BCUT2D eigenvalue weighted by Crippen LogP contribution is -2.48. The smallest absolute Gasteiger partial charge is 0.358 e. The highest BCUT2D eigenvalue weighted by atomic mass is 35.5. The summed E-state index contributed by atoms with van der Waals surface area (Å²) in [6, 6.07) is 55.7. The zero-order valence-corrected chi connectivity index (χ0v) is 35.2. The van der Waals surface area contributed by atoms with Gasteiger partial charge in [0.15, 0.2) is 23.1 Å². The number of nitrogens with zero attached hydrogens (tertiary/aromatic N) is 4. The van der Waals surface area contributed by atoms with Crippen molar-refractivity contribution in [1.82, 2.24) is 19.5 Å². The van der Waals surface area contributed by atoms with Gasteiger partial charge in [-0.1, -0.05) is 194 Å². The minimum absolute atomic E-state index is 0.0379. The van der Waals surface area contributed by atoms with E-state index < -0.39 is 51.4 Å². The summed E-state index contributed by atoms with van der Waals surface area (Å²) in [5, 5.41) is -0.0515. The minimum Gasteiger partial charge on any atom is -0.358 e. The van der Waals surface area contributed by atoms with Crippen molar-refractivity contribution >= 4 is 32.9 Å². The molecule has 0 bridgehead atoms. The predicted molar refractivity (Wildman–Crippen MR) is 233 cm³/mol. The molecule has 0 unspecified atom stereocenters. The van der Waals surface area contributed by atoms with Gasteiger partial charge in [-0.25, -0.2) is 15.0 Å². The summed E-state index contributed by atoms with van der Waals surface area (Å²) in [5.41, 5.74) is -4.76. The molecule has 9 rings (SSSR count). The maximum Gasteiger partial charge on any atom is 0.523 e. The maximum absolute atomic E-state index is 14.6. The van der Waals surface area contributed by atoms with Crippen molar-refractivity contribution in [2.24, 2.45) is 0 Å². The lowest BCUT2D eigenvalue weighted by atomic mass is 9.79. The molecule has 4 atom stereocenters. The molecule has 8 aromatic rings. The van der Waals surface area contributed by atoms with E-state index in [-0.39, 0.29) is 22.9 Å². The minimum atomic E-state index is -6.34. The van der Waals surface area contributed by atoms with Gasteiger partial charge < -0.3 is 14.2 Å². The van der Waals surface area contributed by atoms with Gasteiger partial charge in [-0.2, -0.15) is 21.6 Å². The van der Waals surface area contributed by atoms with E-state index in [9.17, 15) is 21.6 Å². The van der Waals surface area contributed by atoms with Crippen LogP contribution >= 0.6 is 11.6 Å². The van der Waals surface area contributed by atoms with E-state index in [2.05, 4.69) is 15.0 Å². The highest BCUT2D eigenvalue weighted by molar-refractivity contribution is 7.87. The van der Waals surface area contributed by atoms with Crippen LogP contribution in [0.5, 0.6) is 0 Å². The number of rotatable bonds is 14. The topological polar surface area (TPSA) is 115 Å². The summed E-state index contributed by atoms with van der Waals surface area (Å²) in [5.74, 6) is 0. The number of fused-ring (bicyclic) bond motifs is 1. The van der Waals surface area contributed by atoms with E-state index in [4.69, 9.17) is 30.0 Å². The zero-order chi connectivity index (χ0) is 44.4. The van der Waals surface area contributed by atoms with Crippen LogP contribution in [0.4, 0.5) is 13.2 Å². The third-order valence-electron chi connectivity index (χ3n) is 11.3. The summed E-state index contributed by atoms with van der Waals surface area (Å²) in [6.07, 6.45) is -4.37. The van der Waals surface area contributed by atoms with Crippen molar-refractivity contribution in [3.05, 3.63) is 233 Å². The fraction of sp³-hybridized carbons (Fsp3) is 0.163. The standard InChI is InChI=1S/C49H38ClF3N4O6S/c50-44-41-45(55-32-54-44)57(33-56-41)46-43(63-64(58,59)49(51,52)53)42(62-48(37-25-13-4-14-26-37,38-27-15-5-16-28-38)39-29-17-6-18-30-39)40(61-46)31-60-47(34-19-7-1-8-20-34,35-21-9-2-10-22-35)36-23-11-3-12-24-36/h1-30,32-33,40,42-43,46H,31H2/t40-,42-,43-,46-/m1/s1. The Morgan fingerprint density at radius 1 is 0.578 bits per heavy atom. The fourth-order valence-corrected chi connectivity index (χ4v) is 9.21. The van der Waals surface area contributed by atoms with Crippen molar-refractivity contribution < 1.29 is 40.0 Å². The number of halogens is 4. The van der Waals surface area contributed by atoms with Gasteiger partial charge in [-0.05, 0) is 33.4 Å². The van der Waals surface area contributed by atoms with Crippen LogP contribution in [0.15, 0.2) is 195 Å². The zero-order valence-electron chi connectivity index (χ0n) is 33.7. The molecule has 6 aromatic carbocycles. The van der Waals surface area contributed by atoms with E-state index >= 15 is 0 Å². The molecule has 64 heavy (non-hydrogen) atoms. The highest BCUT2D eigenvalue weighted by Gasteiger charge is 2.58. The Morgan fingerprint density at radius 3 is 1.39 bits per heavy atom. The first-order valence-electron chi connectivity index (χ1n) is 20.2. The van der Waals surface area contributed by atoms with Gasteiger partial charge in [0.05, 0.1) is 12.9 Å². The van der Waals surface area contributed by atoms with Crippen LogP contribution in [0.2, 0.25) is 5.15 Å². The molecular weight excluding hydrogens is 865 g/mol. The Labute approximate surface area is 372 Å². The first-order chi connectivity index (χ1) is 31.0. The summed E-state index contributed by atoms with van der Waals surface area (Å²) in [6.45, 7) is -0.386. The Balaban J connectivity index is 1.28. The molecule has 15 heteroatoms. The van der Waals surface area contributed by atoms with Crippen molar-refractivity contribution in [3.8, 4) is 0 Å². The molecule has 1 fully saturated rings. The number of hydrogen-bond acceptors (Lipinski definition) is 9. The van der Waals surface area contributed by atoms with Gasteiger partial charge in [0.1, 0.15) is 35.3 Å². The number of benzene rings is 6. The van der Waals surface area contributed by atoms with E-state index in [1.165, 1.54) is 10.9 Å². The van der Waals surface area contributed by atoms with Crippen molar-refractivity contribution in [2.75, 3.05) is 6.61 Å². The Morgan fingerprint density at radius 2 is 0.984 bits per heavy atom. The molecule has 0 radical (unpaired) electrons. The summed E-state index contributed by atoms with van der Waals surface area (Å²) in [4.78, 5) is 12.7. The van der Waals surface area contributed by atoms with Crippen molar-refractivity contribution in [3.63, 3.8) is 0 Å². The van der Waals surface area contributed by atoms with Gasteiger partial charge in [0.2, 0.25) is 0 Å². The van der Waals surface area contributed by atoms with Gasteiger partial charge in [0, 0.05) is 0 Å². The van der Waals surface area contributed by atoms with Crippen LogP contribution in [0.1, 0.15) is 39.6 Å². The lowest BCUT2D eigenvalue weighted by molar-refractivity contribution is -0.131. The van der Waals surface area contributed by atoms with Crippen molar-refractivity contribution in [1.29, 1.82) is 0 Å². The first kappa shape index (κ1) is 43.0. The fourth-order valence-electron chi connectivity index (χ4n) is 8.42. The number of alkyl halides is 3. The van der Waals surface area contributed by atoms with Crippen LogP contribution < -0.4 is 0 Å². The molecule has 3 heterocycles. The second-order valence-electron chi connectivity index (χ2n) is 15.0. The monoisotopic (exact) mass is 902 g/mol. The highest BCUT2D eigenvalue weighted by Crippen LogP contribution is 2.48. The molecule has 324 valence electrons. The largest absolute Gasteiger partial charge is 0.523 e. The summed E-state index contributed by atoms with van der Waals surface area (Å²) >= 11 is 6.41. The average Bonchev–Trinajstić information content (AvgIpc) is 3.91.